The monoisotopic (exact) mass is 274 g/mol. The van der Waals surface area contributed by atoms with Crippen molar-refractivity contribution in [2.75, 3.05) is 0 Å². The predicted octanol–water partition coefficient (Wildman–Crippen LogP) is 4.48. The van der Waals surface area contributed by atoms with Gasteiger partial charge in [0.05, 0.1) is 15.6 Å². The summed E-state index contributed by atoms with van der Waals surface area (Å²) in [7, 11) is -0.742. The van der Waals surface area contributed by atoms with Gasteiger partial charge in [0.25, 0.3) is 0 Å². The van der Waals surface area contributed by atoms with Gasteiger partial charge in [-0.25, -0.2) is 4.99 Å². The number of hydrogen-bond acceptors (Lipinski definition) is 2. The quantitative estimate of drug-likeness (QED) is 0.796. The molecule has 0 spiro atoms. The maximum atomic E-state index is 8.34. The number of fused-ring (bicyclic) bond motifs is 1. The first-order chi connectivity index (χ1) is 8.68. The third kappa shape index (κ3) is 1.71. The van der Waals surface area contributed by atoms with Crippen molar-refractivity contribution in [3.05, 3.63) is 58.6 Å². The molecule has 90 valence electrons. The molecule has 2 aromatic carbocycles. The lowest BCUT2D eigenvalue weighted by Gasteiger charge is -2.04. The highest BCUT2D eigenvalue weighted by Gasteiger charge is 2.23. The minimum Gasteiger partial charge on any atom is -0.269 e. The van der Waals surface area contributed by atoms with Gasteiger partial charge in [-0.2, -0.15) is 0 Å². The second-order valence-corrected chi connectivity index (χ2v) is 5.97. The second kappa shape index (κ2) is 4.34. The third-order valence-electron chi connectivity index (χ3n) is 2.93. The largest absolute Gasteiger partial charge is 0.269 e. The van der Waals surface area contributed by atoms with Crippen LogP contribution >= 0.6 is 11.6 Å². The van der Waals surface area contributed by atoms with Gasteiger partial charge < -0.3 is 0 Å². The molecule has 18 heavy (non-hydrogen) atoms. The molecule has 1 unspecified atom stereocenters. The zero-order valence-electron chi connectivity index (χ0n) is 9.77. The summed E-state index contributed by atoms with van der Waals surface area (Å²) in [6, 6.07) is 13.6. The number of nitrogens with one attached hydrogen (secondary N) is 1. The molecule has 2 aromatic rings. The van der Waals surface area contributed by atoms with Crippen LogP contribution < -0.4 is 0 Å². The third-order valence-corrected chi connectivity index (χ3v) is 4.73. The van der Waals surface area contributed by atoms with Gasteiger partial charge in [0.15, 0.2) is 0 Å². The van der Waals surface area contributed by atoms with Gasteiger partial charge in [-0.1, -0.05) is 41.9 Å². The molecule has 1 aliphatic rings. The molecule has 0 fully saturated rings. The first-order valence-electron chi connectivity index (χ1n) is 5.57. The fraction of sp³-hybridized carbons (Fsp3) is 0.0714. The zero-order valence-corrected chi connectivity index (χ0v) is 11.3. The van der Waals surface area contributed by atoms with Crippen LogP contribution in [0.4, 0.5) is 5.69 Å². The first kappa shape index (κ1) is 11.6. The summed E-state index contributed by atoms with van der Waals surface area (Å²) >= 11 is 6.19. The van der Waals surface area contributed by atoms with E-state index in [1.54, 1.807) is 0 Å². The summed E-state index contributed by atoms with van der Waals surface area (Å²) in [5.74, 6) is 0. The normalized spacial score (nSPS) is 17.4. The lowest BCUT2D eigenvalue weighted by atomic mass is 10.2. The average molecular weight is 275 g/mol. The Kier molecular flexibility index (Phi) is 2.80. The van der Waals surface area contributed by atoms with E-state index in [1.807, 2.05) is 49.4 Å². The highest BCUT2D eigenvalue weighted by molar-refractivity contribution is 8.02. The molecule has 2 nitrogen and oxygen atoms in total. The molecule has 4 heteroatoms. The zero-order chi connectivity index (χ0) is 12.7. The maximum absolute atomic E-state index is 8.34. The fourth-order valence-corrected chi connectivity index (χ4v) is 3.68. The molecule has 1 N–H and O–H groups in total. The Morgan fingerprint density at radius 3 is 2.61 bits per heavy atom. The van der Waals surface area contributed by atoms with Crippen LogP contribution in [-0.2, 0) is 10.7 Å². The van der Waals surface area contributed by atoms with Crippen LogP contribution in [0.2, 0.25) is 5.02 Å². The minimum atomic E-state index is -0.742. The number of aliphatic imine (C=N–C) groups is 1. The van der Waals surface area contributed by atoms with Crippen LogP contribution in [0.3, 0.4) is 0 Å². The maximum Gasteiger partial charge on any atom is 0.120 e. The Labute approximate surface area is 113 Å². The van der Waals surface area contributed by atoms with E-state index in [0.29, 0.717) is 5.02 Å². The molecule has 1 atom stereocenters. The molecule has 1 heterocycles. The Hall–Kier alpha value is -1.45. The van der Waals surface area contributed by atoms with Crippen LogP contribution in [0, 0.1) is 11.7 Å². The standard InChI is InChI=1S/C14H11ClN2S/c1-9-5-4-8-12-13(9)17-14(18(12)16)10-6-2-3-7-11(10)15/h2-8,16H,1H3. The van der Waals surface area contributed by atoms with Crippen molar-refractivity contribution in [3.8, 4) is 0 Å². The molecule has 0 saturated heterocycles. The Morgan fingerprint density at radius 1 is 1.11 bits per heavy atom. The van der Waals surface area contributed by atoms with E-state index >= 15 is 0 Å². The van der Waals surface area contributed by atoms with Crippen molar-refractivity contribution < 1.29 is 0 Å². The summed E-state index contributed by atoms with van der Waals surface area (Å²) in [5, 5.41) is 1.43. The average Bonchev–Trinajstić information content (AvgIpc) is 2.70. The van der Waals surface area contributed by atoms with Crippen molar-refractivity contribution in [2.24, 2.45) is 4.99 Å². The van der Waals surface area contributed by atoms with Crippen molar-refractivity contribution in [1.82, 2.24) is 0 Å². The van der Waals surface area contributed by atoms with E-state index in [1.165, 1.54) is 0 Å². The number of aryl methyl sites for hydroxylation is 1. The number of benzene rings is 2. The molecule has 0 aliphatic carbocycles. The van der Waals surface area contributed by atoms with Crippen molar-refractivity contribution in [3.63, 3.8) is 0 Å². The van der Waals surface area contributed by atoms with E-state index in [9.17, 15) is 0 Å². The fourth-order valence-electron chi connectivity index (χ4n) is 2.00. The summed E-state index contributed by atoms with van der Waals surface area (Å²) < 4.78 is 8.34. The molecule has 0 radical (unpaired) electrons. The van der Waals surface area contributed by atoms with Gasteiger partial charge in [0.2, 0.25) is 0 Å². The molecule has 0 amide bonds. The van der Waals surface area contributed by atoms with Gasteiger partial charge in [0.1, 0.15) is 5.04 Å². The predicted molar refractivity (Wildman–Crippen MR) is 77.2 cm³/mol. The topological polar surface area (TPSA) is 36.2 Å². The van der Waals surface area contributed by atoms with Crippen LogP contribution in [0.5, 0.6) is 0 Å². The lowest BCUT2D eigenvalue weighted by molar-refractivity contribution is 1.32. The van der Waals surface area contributed by atoms with Crippen LogP contribution in [0.15, 0.2) is 52.4 Å². The molecule has 1 aliphatic heterocycles. The lowest BCUT2D eigenvalue weighted by Crippen LogP contribution is -2.04. The summed E-state index contributed by atoms with van der Waals surface area (Å²) in [6.07, 6.45) is 0. The van der Waals surface area contributed by atoms with Crippen LogP contribution in [0.25, 0.3) is 0 Å². The number of para-hydroxylation sites is 1. The van der Waals surface area contributed by atoms with Crippen LogP contribution in [-0.4, -0.2) is 5.04 Å². The number of rotatable bonds is 1. The summed E-state index contributed by atoms with van der Waals surface area (Å²) in [4.78, 5) is 5.61. The Morgan fingerprint density at radius 2 is 1.89 bits per heavy atom. The van der Waals surface area contributed by atoms with E-state index in [-0.39, 0.29) is 0 Å². The van der Waals surface area contributed by atoms with Crippen LogP contribution in [0.1, 0.15) is 11.1 Å². The van der Waals surface area contributed by atoms with Gasteiger partial charge in [-0.05, 0) is 35.3 Å². The highest BCUT2D eigenvalue weighted by atomic mass is 35.5. The van der Waals surface area contributed by atoms with E-state index in [2.05, 4.69) is 4.99 Å². The SMILES string of the molecule is Cc1cccc2c1N=C(c1ccccc1Cl)S2=N. The van der Waals surface area contributed by atoms with E-state index < -0.39 is 10.7 Å². The molecule has 0 saturated carbocycles. The van der Waals surface area contributed by atoms with Crippen molar-refractivity contribution in [2.45, 2.75) is 11.8 Å². The summed E-state index contributed by atoms with van der Waals surface area (Å²) in [5.41, 5.74) is 2.91. The molecule has 0 bridgehead atoms. The number of nitrogens with zero attached hydrogens (tertiary/aromatic N) is 1. The van der Waals surface area contributed by atoms with Gasteiger partial charge in [-0.15, -0.1) is 0 Å². The van der Waals surface area contributed by atoms with Crippen molar-refractivity contribution >= 4 is 33.0 Å². The van der Waals surface area contributed by atoms with E-state index in [0.717, 1.165) is 26.8 Å². The summed E-state index contributed by atoms with van der Waals surface area (Å²) in [6.45, 7) is 2.02. The van der Waals surface area contributed by atoms with E-state index in [4.69, 9.17) is 16.4 Å². The molecular formula is C14H11ClN2S. The van der Waals surface area contributed by atoms with Gasteiger partial charge in [0, 0.05) is 5.56 Å². The molecule has 0 aromatic heterocycles. The Balaban J connectivity index is 2.19. The number of halogens is 1. The molecular weight excluding hydrogens is 264 g/mol. The second-order valence-electron chi connectivity index (χ2n) is 4.12. The smallest absolute Gasteiger partial charge is 0.120 e. The minimum absolute atomic E-state index is 0.659. The van der Waals surface area contributed by atoms with Crippen molar-refractivity contribution in [1.29, 1.82) is 4.78 Å². The Bertz CT molecular complexity index is 692. The number of hydrogen-bond donors (Lipinski definition) is 1. The molecule has 3 rings (SSSR count). The van der Waals surface area contributed by atoms with Gasteiger partial charge in [-0.3, -0.25) is 4.78 Å². The first-order valence-corrected chi connectivity index (χ1v) is 7.17. The van der Waals surface area contributed by atoms with Gasteiger partial charge >= 0.3 is 0 Å². The highest BCUT2D eigenvalue weighted by Crippen LogP contribution is 2.36.